The van der Waals surface area contributed by atoms with Crippen LogP contribution in [0, 0.1) is 5.82 Å². The minimum absolute atomic E-state index is 0.228. The number of hydrogen-bond acceptors (Lipinski definition) is 1. The highest BCUT2D eigenvalue weighted by Gasteiger charge is 2.07. The minimum Gasteiger partial charge on any atom is -0.206 e. The summed E-state index contributed by atoms with van der Waals surface area (Å²) >= 11 is 3.25. The van der Waals surface area contributed by atoms with Gasteiger partial charge in [0.1, 0.15) is 5.82 Å². The van der Waals surface area contributed by atoms with Crippen LogP contribution in [0.1, 0.15) is 0 Å². The molecule has 1 aromatic carbocycles. The third kappa shape index (κ3) is 2.71. The Bertz CT molecular complexity index is 277. The van der Waals surface area contributed by atoms with Crippen molar-refractivity contribution in [2.45, 2.75) is 10.7 Å². The van der Waals surface area contributed by atoms with Crippen LogP contribution < -0.4 is 0 Å². The molecule has 66 valence electrons. The lowest BCUT2D eigenvalue weighted by atomic mass is 10.3. The van der Waals surface area contributed by atoms with E-state index in [9.17, 15) is 13.2 Å². The molecule has 0 aliphatic heterocycles. The minimum atomic E-state index is -2.51. The SMILES string of the molecule is Fc1cc(SC(F)F)ccc1Br. The van der Waals surface area contributed by atoms with E-state index in [1.54, 1.807) is 0 Å². The molecule has 0 fully saturated rings. The summed E-state index contributed by atoms with van der Waals surface area (Å²) in [6.07, 6.45) is 0. The van der Waals surface area contributed by atoms with Crippen molar-refractivity contribution in [3.05, 3.63) is 28.5 Å². The van der Waals surface area contributed by atoms with Gasteiger partial charge in [-0.1, -0.05) is 11.8 Å². The fraction of sp³-hybridized carbons (Fsp3) is 0.143. The van der Waals surface area contributed by atoms with Crippen LogP contribution in [0.5, 0.6) is 0 Å². The molecule has 0 saturated carbocycles. The van der Waals surface area contributed by atoms with Crippen molar-refractivity contribution < 1.29 is 13.2 Å². The highest BCUT2D eigenvalue weighted by atomic mass is 79.9. The van der Waals surface area contributed by atoms with Crippen molar-refractivity contribution in [2.75, 3.05) is 0 Å². The monoisotopic (exact) mass is 256 g/mol. The van der Waals surface area contributed by atoms with Crippen LogP contribution in [-0.2, 0) is 0 Å². The second-order valence-electron chi connectivity index (χ2n) is 1.95. The second-order valence-corrected chi connectivity index (χ2v) is 3.87. The zero-order valence-electron chi connectivity index (χ0n) is 5.73. The van der Waals surface area contributed by atoms with E-state index in [1.807, 2.05) is 0 Å². The van der Waals surface area contributed by atoms with Crippen LogP contribution in [0.25, 0.3) is 0 Å². The van der Waals surface area contributed by atoms with E-state index in [2.05, 4.69) is 15.9 Å². The molecule has 0 nitrogen and oxygen atoms in total. The highest BCUT2D eigenvalue weighted by Crippen LogP contribution is 2.27. The predicted molar refractivity (Wildman–Crippen MR) is 46.0 cm³/mol. The van der Waals surface area contributed by atoms with Gasteiger partial charge < -0.3 is 0 Å². The van der Waals surface area contributed by atoms with Crippen LogP contribution in [0.4, 0.5) is 13.2 Å². The molecule has 0 unspecified atom stereocenters. The molecular formula is C7H4BrF3S. The molecule has 12 heavy (non-hydrogen) atoms. The maximum absolute atomic E-state index is 12.7. The molecular weight excluding hydrogens is 253 g/mol. The average Bonchev–Trinajstić information content (AvgIpc) is 1.96. The molecule has 1 aromatic rings. The van der Waals surface area contributed by atoms with Gasteiger partial charge in [-0.3, -0.25) is 0 Å². The third-order valence-electron chi connectivity index (χ3n) is 1.12. The summed E-state index contributed by atoms with van der Waals surface area (Å²) in [5, 5.41) is 0. The van der Waals surface area contributed by atoms with Crippen LogP contribution in [0.2, 0.25) is 0 Å². The van der Waals surface area contributed by atoms with E-state index < -0.39 is 11.6 Å². The number of rotatable bonds is 2. The first-order chi connectivity index (χ1) is 5.59. The molecule has 1 rings (SSSR count). The van der Waals surface area contributed by atoms with E-state index in [-0.39, 0.29) is 9.37 Å². The molecule has 0 atom stereocenters. The number of hydrogen-bond donors (Lipinski definition) is 0. The molecule has 0 heterocycles. The lowest BCUT2D eigenvalue weighted by Crippen LogP contribution is -1.83. The summed E-state index contributed by atoms with van der Waals surface area (Å²) in [5.74, 6) is -3.04. The van der Waals surface area contributed by atoms with Crippen LogP contribution in [0.15, 0.2) is 27.6 Å². The molecule has 0 bridgehead atoms. The first-order valence-corrected chi connectivity index (χ1v) is 4.66. The molecule has 5 heteroatoms. The van der Waals surface area contributed by atoms with E-state index >= 15 is 0 Å². The first-order valence-electron chi connectivity index (χ1n) is 2.99. The second kappa shape index (κ2) is 4.18. The number of benzene rings is 1. The summed E-state index contributed by atoms with van der Waals surface area (Å²) in [6.45, 7) is 0. The zero-order valence-corrected chi connectivity index (χ0v) is 8.13. The van der Waals surface area contributed by atoms with Crippen molar-refractivity contribution >= 4 is 27.7 Å². The quantitative estimate of drug-likeness (QED) is 0.724. The van der Waals surface area contributed by atoms with Crippen molar-refractivity contribution in [3.8, 4) is 0 Å². The lowest BCUT2D eigenvalue weighted by molar-refractivity contribution is 0.252. The Morgan fingerprint density at radius 2 is 2.00 bits per heavy atom. The molecule has 0 aliphatic carbocycles. The fourth-order valence-corrected chi connectivity index (χ4v) is 1.42. The smallest absolute Gasteiger partial charge is 0.206 e. The Balaban J connectivity index is 2.82. The van der Waals surface area contributed by atoms with Crippen LogP contribution in [0.3, 0.4) is 0 Å². The Morgan fingerprint density at radius 1 is 1.33 bits per heavy atom. The number of alkyl halides is 2. The molecule has 0 radical (unpaired) electrons. The van der Waals surface area contributed by atoms with Gasteiger partial charge in [0.25, 0.3) is 5.76 Å². The van der Waals surface area contributed by atoms with Crippen molar-refractivity contribution in [1.29, 1.82) is 0 Å². The van der Waals surface area contributed by atoms with Gasteiger partial charge in [-0.05, 0) is 34.1 Å². The maximum atomic E-state index is 12.7. The van der Waals surface area contributed by atoms with Crippen molar-refractivity contribution in [1.82, 2.24) is 0 Å². The molecule has 0 amide bonds. The van der Waals surface area contributed by atoms with Crippen LogP contribution in [-0.4, -0.2) is 5.76 Å². The molecule has 0 N–H and O–H groups in total. The van der Waals surface area contributed by atoms with Crippen molar-refractivity contribution in [2.24, 2.45) is 0 Å². The van der Waals surface area contributed by atoms with Gasteiger partial charge in [-0.25, -0.2) is 4.39 Å². The number of thioether (sulfide) groups is 1. The van der Waals surface area contributed by atoms with E-state index in [0.717, 1.165) is 6.07 Å². The number of halogens is 4. The Hall–Kier alpha value is -0.160. The van der Waals surface area contributed by atoms with E-state index in [0.29, 0.717) is 11.8 Å². The summed E-state index contributed by atoms with van der Waals surface area (Å²) in [5.41, 5.74) is 0. The Kier molecular flexibility index (Phi) is 3.46. The maximum Gasteiger partial charge on any atom is 0.288 e. The molecule has 0 saturated heterocycles. The fourth-order valence-electron chi connectivity index (χ4n) is 0.653. The van der Waals surface area contributed by atoms with E-state index in [4.69, 9.17) is 0 Å². The molecule has 0 aliphatic rings. The van der Waals surface area contributed by atoms with Gasteiger partial charge in [0.2, 0.25) is 0 Å². The molecule has 0 spiro atoms. The first kappa shape index (κ1) is 9.92. The van der Waals surface area contributed by atoms with Gasteiger partial charge in [-0.15, -0.1) is 0 Å². The zero-order chi connectivity index (χ0) is 9.14. The van der Waals surface area contributed by atoms with Gasteiger partial charge in [0.15, 0.2) is 0 Å². The highest BCUT2D eigenvalue weighted by molar-refractivity contribution is 9.10. The topological polar surface area (TPSA) is 0 Å². The molecule has 0 aromatic heterocycles. The van der Waals surface area contributed by atoms with Gasteiger partial charge in [-0.2, -0.15) is 8.78 Å². The van der Waals surface area contributed by atoms with Crippen molar-refractivity contribution in [3.63, 3.8) is 0 Å². The Morgan fingerprint density at radius 3 is 2.50 bits per heavy atom. The van der Waals surface area contributed by atoms with Gasteiger partial charge >= 0.3 is 0 Å². The lowest BCUT2D eigenvalue weighted by Gasteiger charge is -2.00. The van der Waals surface area contributed by atoms with Gasteiger partial charge in [0, 0.05) is 4.90 Å². The Labute approximate surface area is 80.3 Å². The summed E-state index contributed by atoms with van der Waals surface area (Å²) in [4.78, 5) is 0.228. The summed E-state index contributed by atoms with van der Waals surface area (Å²) < 4.78 is 36.6. The van der Waals surface area contributed by atoms with Gasteiger partial charge in [0.05, 0.1) is 4.47 Å². The summed E-state index contributed by atoms with van der Waals surface area (Å²) in [7, 11) is 0. The van der Waals surface area contributed by atoms with E-state index in [1.165, 1.54) is 12.1 Å². The standard InChI is InChI=1S/C7H4BrF3S/c8-5-2-1-4(3-6(5)9)12-7(10)11/h1-3,7H. The normalized spacial score (nSPS) is 10.8. The average molecular weight is 257 g/mol. The van der Waals surface area contributed by atoms with Crippen LogP contribution >= 0.6 is 27.7 Å². The third-order valence-corrected chi connectivity index (χ3v) is 2.46. The summed E-state index contributed by atoms with van der Waals surface area (Å²) in [6, 6.07) is 3.91. The predicted octanol–water partition coefficient (Wildman–Crippen LogP) is 3.90. The largest absolute Gasteiger partial charge is 0.288 e.